The van der Waals surface area contributed by atoms with Crippen molar-refractivity contribution in [1.82, 2.24) is 9.88 Å². The smallest absolute Gasteiger partial charge is 0.246 e. The van der Waals surface area contributed by atoms with Crippen LogP contribution in [0.2, 0.25) is 0 Å². The molecular weight excluding hydrogens is 290 g/mol. The highest BCUT2D eigenvalue weighted by atomic mass is 32.2. The average Bonchev–Trinajstić information content (AvgIpc) is 2.79. The Morgan fingerprint density at radius 1 is 1.24 bits per heavy atom. The molecule has 2 rings (SSSR count). The molecule has 6 nitrogen and oxygen atoms in total. The Bertz CT molecular complexity index is 676. The van der Waals surface area contributed by atoms with Gasteiger partial charge in [-0.05, 0) is 26.0 Å². The molecule has 0 saturated heterocycles. The maximum absolute atomic E-state index is 12.2. The number of likely N-dealkylation sites (N-methyl/N-ethyl adjacent to an activating group) is 1. The molecule has 21 heavy (non-hydrogen) atoms. The summed E-state index contributed by atoms with van der Waals surface area (Å²) in [5, 5.41) is 3.67. The number of anilines is 1. The number of rotatable bonds is 6. The van der Waals surface area contributed by atoms with Crippen LogP contribution >= 0.6 is 0 Å². The average molecular weight is 309 g/mol. The van der Waals surface area contributed by atoms with Crippen molar-refractivity contribution in [2.24, 2.45) is 0 Å². The monoisotopic (exact) mass is 309 g/mol. The minimum absolute atomic E-state index is 0.130. The zero-order chi connectivity index (χ0) is 15.5. The SMILES string of the molecule is Cc1noc(C)c1S(=O)(=O)NCCN(C)c1ccccc1. The van der Waals surface area contributed by atoms with Crippen LogP contribution in [0, 0.1) is 13.8 Å². The fraction of sp³-hybridized carbons (Fsp3) is 0.357. The summed E-state index contributed by atoms with van der Waals surface area (Å²) in [5.41, 5.74) is 1.41. The lowest BCUT2D eigenvalue weighted by Crippen LogP contribution is -2.33. The predicted molar refractivity (Wildman–Crippen MR) is 80.9 cm³/mol. The molecule has 0 aliphatic rings. The van der Waals surface area contributed by atoms with Crippen LogP contribution in [0.3, 0.4) is 0 Å². The summed E-state index contributed by atoms with van der Waals surface area (Å²) < 4.78 is 31.9. The molecule has 1 N–H and O–H groups in total. The van der Waals surface area contributed by atoms with Crippen molar-refractivity contribution >= 4 is 15.7 Å². The van der Waals surface area contributed by atoms with E-state index in [-0.39, 0.29) is 4.90 Å². The molecule has 1 aromatic carbocycles. The van der Waals surface area contributed by atoms with Crippen LogP contribution in [0.1, 0.15) is 11.5 Å². The van der Waals surface area contributed by atoms with Gasteiger partial charge in [-0.1, -0.05) is 23.4 Å². The van der Waals surface area contributed by atoms with E-state index in [2.05, 4.69) is 9.88 Å². The first kappa shape index (κ1) is 15.5. The number of nitrogens with zero attached hydrogens (tertiary/aromatic N) is 2. The Labute approximate surface area is 124 Å². The summed E-state index contributed by atoms with van der Waals surface area (Å²) in [5.74, 6) is 0.302. The number of para-hydroxylation sites is 1. The third kappa shape index (κ3) is 3.62. The van der Waals surface area contributed by atoms with Crippen molar-refractivity contribution in [1.29, 1.82) is 0 Å². The number of hydrogen-bond donors (Lipinski definition) is 1. The van der Waals surface area contributed by atoms with E-state index in [0.717, 1.165) is 5.69 Å². The third-order valence-electron chi connectivity index (χ3n) is 3.17. The number of aryl methyl sites for hydroxylation is 2. The third-order valence-corrected chi connectivity index (χ3v) is 4.88. The van der Waals surface area contributed by atoms with Gasteiger partial charge in [-0.2, -0.15) is 0 Å². The molecule has 0 atom stereocenters. The molecule has 0 aliphatic carbocycles. The summed E-state index contributed by atoms with van der Waals surface area (Å²) in [4.78, 5) is 2.11. The minimum atomic E-state index is -3.59. The fourth-order valence-corrected chi connectivity index (χ4v) is 3.44. The molecule has 0 bridgehead atoms. The number of aromatic nitrogens is 1. The van der Waals surface area contributed by atoms with Gasteiger partial charge < -0.3 is 9.42 Å². The fourth-order valence-electron chi connectivity index (χ4n) is 2.09. The Balaban J connectivity index is 1.97. The first-order chi connectivity index (χ1) is 9.92. The molecule has 114 valence electrons. The zero-order valence-corrected chi connectivity index (χ0v) is 13.1. The Morgan fingerprint density at radius 2 is 1.90 bits per heavy atom. The first-order valence-electron chi connectivity index (χ1n) is 6.60. The van der Waals surface area contributed by atoms with E-state index >= 15 is 0 Å². The second-order valence-electron chi connectivity index (χ2n) is 4.81. The molecule has 1 aromatic heterocycles. The van der Waals surface area contributed by atoms with Crippen LogP contribution < -0.4 is 9.62 Å². The lowest BCUT2D eigenvalue weighted by molar-refractivity contribution is 0.390. The van der Waals surface area contributed by atoms with Crippen molar-refractivity contribution in [3.05, 3.63) is 41.8 Å². The van der Waals surface area contributed by atoms with Crippen molar-refractivity contribution in [2.45, 2.75) is 18.7 Å². The van der Waals surface area contributed by atoms with Gasteiger partial charge in [0.25, 0.3) is 0 Å². The minimum Gasteiger partial charge on any atom is -0.373 e. The van der Waals surface area contributed by atoms with Crippen LogP contribution in [0.5, 0.6) is 0 Å². The molecule has 0 fully saturated rings. The van der Waals surface area contributed by atoms with E-state index in [1.165, 1.54) is 0 Å². The first-order valence-corrected chi connectivity index (χ1v) is 8.09. The molecule has 7 heteroatoms. The van der Waals surface area contributed by atoms with Crippen molar-refractivity contribution in [3.63, 3.8) is 0 Å². The Kier molecular flexibility index (Phi) is 4.64. The highest BCUT2D eigenvalue weighted by Gasteiger charge is 2.23. The molecule has 0 radical (unpaired) electrons. The van der Waals surface area contributed by atoms with Gasteiger partial charge in [-0.3, -0.25) is 0 Å². The van der Waals surface area contributed by atoms with E-state index in [1.807, 2.05) is 42.3 Å². The Hall–Kier alpha value is -1.86. The highest BCUT2D eigenvalue weighted by molar-refractivity contribution is 7.89. The van der Waals surface area contributed by atoms with Gasteiger partial charge in [0.15, 0.2) is 5.76 Å². The van der Waals surface area contributed by atoms with Crippen LogP contribution in [0.25, 0.3) is 0 Å². The molecule has 0 spiro atoms. The summed E-state index contributed by atoms with van der Waals surface area (Å²) in [6.07, 6.45) is 0. The summed E-state index contributed by atoms with van der Waals surface area (Å²) in [7, 11) is -1.67. The van der Waals surface area contributed by atoms with Crippen molar-refractivity contribution in [3.8, 4) is 0 Å². The predicted octanol–water partition coefficient (Wildman–Crippen LogP) is 1.71. The molecule has 1 heterocycles. The van der Waals surface area contributed by atoms with Crippen molar-refractivity contribution < 1.29 is 12.9 Å². The van der Waals surface area contributed by atoms with Gasteiger partial charge in [0.2, 0.25) is 10.0 Å². The maximum Gasteiger partial charge on any atom is 0.246 e. The molecule has 0 saturated carbocycles. The molecule has 0 unspecified atom stereocenters. The molecule has 0 amide bonds. The number of hydrogen-bond acceptors (Lipinski definition) is 5. The normalized spacial score (nSPS) is 11.6. The van der Waals surface area contributed by atoms with Crippen molar-refractivity contribution in [2.75, 3.05) is 25.0 Å². The second kappa shape index (κ2) is 6.28. The number of benzene rings is 1. The van der Waals surface area contributed by atoms with E-state index in [1.54, 1.807) is 13.8 Å². The standard InChI is InChI=1S/C14H19N3O3S/c1-11-14(12(2)20-16-11)21(18,19)15-9-10-17(3)13-7-5-4-6-8-13/h4-8,15H,9-10H2,1-3H3. The van der Waals surface area contributed by atoms with E-state index in [9.17, 15) is 8.42 Å². The number of sulfonamides is 1. The lowest BCUT2D eigenvalue weighted by atomic mass is 10.3. The van der Waals surface area contributed by atoms with E-state index < -0.39 is 10.0 Å². The lowest BCUT2D eigenvalue weighted by Gasteiger charge is -2.19. The van der Waals surface area contributed by atoms with E-state index in [0.29, 0.717) is 24.5 Å². The van der Waals surface area contributed by atoms with E-state index in [4.69, 9.17) is 4.52 Å². The van der Waals surface area contributed by atoms with Gasteiger partial charge in [-0.15, -0.1) is 0 Å². The molecule has 2 aromatic rings. The highest BCUT2D eigenvalue weighted by Crippen LogP contribution is 2.18. The summed E-state index contributed by atoms with van der Waals surface area (Å²) >= 11 is 0. The van der Waals surface area contributed by atoms with Gasteiger partial charge in [-0.25, -0.2) is 13.1 Å². The molecular formula is C14H19N3O3S. The Morgan fingerprint density at radius 3 is 2.48 bits per heavy atom. The largest absolute Gasteiger partial charge is 0.373 e. The van der Waals surface area contributed by atoms with Crippen LogP contribution in [0.4, 0.5) is 5.69 Å². The van der Waals surface area contributed by atoms with Crippen LogP contribution in [-0.2, 0) is 10.0 Å². The summed E-state index contributed by atoms with van der Waals surface area (Å²) in [6.45, 7) is 4.07. The number of nitrogens with one attached hydrogen (secondary N) is 1. The van der Waals surface area contributed by atoms with Gasteiger partial charge in [0, 0.05) is 25.8 Å². The van der Waals surface area contributed by atoms with Crippen LogP contribution in [-0.4, -0.2) is 33.7 Å². The van der Waals surface area contributed by atoms with Gasteiger partial charge in [0.05, 0.1) is 0 Å². The quantitative estimate of drug-likeness (QED) is 0.879. The van der Waals surface area contributed by atoms with Gasteiger partial charge in [0.1, 0.15) is 10.6 Å². The topological polar surface area (TPSA) is 75.4 Å². The summed E-state index contributed by atoms with van der Waals surface area (Å²) in [6, 6.07) is 9.78. The van der Waals surface area contributed by atoms with Gasteiger partial charge >= 0.3 is 0 Å². The van der Waals surface area contributed by atoms with Crippen LogP contribution in [0.15, 0.2) is 39.8 Å². The second-order valence-corrected chi connectivity index (χ2v) is 6.51. The maximum atomic E-state index is 12.2. The zero-order valence-electron chi connectivity index (χ0n) is 12.3. The molecule has 0 aliphatic heterocycles.